The lowest BCUT2D eigenvalue weighted by Crippen LogP contribution is -2.48. The van der Waals surface area contributed by atoms with Gasteiger partial charge in [0.1, 0.15) is 5.82 Å². The standard InChI is InChI=1S/C20H18FN3OS/c21-17-2-4-18(5-3-17)23-8-10-24(11-9-23)20(25)15-1-6-19(22-13-15)16-7-12-26-14-16/h1-7,12-14H,8-11H2. The molecular formula is C20H18FN3OS. The third kappa shape index (κ3) is 3.46. The molecule has 1 aliphatic heterocycles. The van der Waals surface area contributed by atoms with Crippen molar-refractivity contribution in [3.8, 4) is 11.3 Å². The molecule has 1 amide bonds. The molecule has 1 fully saturated rings. The number of hydrogen-bond acceptors (Lipinski definition) is 4. The van der Waals surface area contributed by atoms with Crippen LogP contribution in [0.15, 0.2) is 59.4 Å². The van der Waals surface area contributed by atoms with Crippen LogP contribution in [0.2, 0.25) is 0 Å². The lowest BCUT2D eigenvalue weighted by molar-refractivity contribution is 0.0746. The molecule has 0 saturated carbocycles. The zero-order chi connectivity index (χ0) is 17.9. The van der Waals surface area contributed by atoms with E-state index in [2.05, 4.69) is 9.88 Å². The fourth-order valence-electron chi connectivity index (χ4n) is 3.10. The highest BCUT2D eigenvalue weighted by Crippen LogP contribution is 2.21. The molecule has 0 spiro atoms. The number of aromatic nitrogens is 1. The number of hydrogen-bond donors (Lipinski definition) is 0. The van der Waals surface area contributed by atoms with Gasteiger partial charge in [0.2, 0.25) is 0 Å². The van der Waals surface area contributed by atoms with Crippen molar-refractivity contribution in [3.05, 3.63) is 70.8 Å². The summed E-state index contributed by atoms with van der Waals surface area (Å²) in [6, 6.07) is 12.2. The lowest BCUT2D eigenvalue weighted by Gasteiger charge is -2.36. The minimum Gasteiger partial charge on any atom is -0.368 e. The summed E-state index contributed by atoms with van der Waals surface area (Å²) in [6.07, 6.45) is 1.65. The van der Waals surface area contributed by atoms with Crippen molar-refractivity contribution in [2.24, 2.45) is 0 Å². The summed E-state index contributed by atoms with van der Waals surface area (Å²) in [7, 11) is 0. The fraction of sp³-hybridized carbons (Fsp3) is 0.200. The second kappa shape index (κ2) is 7.25. The molecule has 132 valence electrons. The van der Waals surface area contributed by atoms with Crippen molar-refractivity contribution >= 4 is 22.9 Å². The third-order valence-corrected chi connectivity index (χ3v) is 5.27. The molecule has 1 aromatic carbocycles. The molecule has 1 saturated heterocycles. The first-order valence-electron chi connectivity index (χ1n) is 8.49. The van der Waals surface area contributed by atoms with Crippen molar-refractivity contribution in [1.82, 2.24) is 9.88 Å². The predicted octanol–water partition coefficient (Wildman–Crippen LogP) is 3.91. The molecule has 0 bridgehead atoms. The molecule has 2 aromatic heterocycles. The summed E-state index contributed by atoms with van der Waals surface area (Å²) in [5, 5.41) is 4.05. The molecule has 1 aliphatic rings. The monoisotopic (exact) mass is 367 g/mol. The largest absolute Gasteiger partial charge is 0.368 e. The van der Waals surface area contributed by atoms with E-state index >= 15 is 0 Å². The van der Waals surface area contributed by atoms with E-state index in [1.54, 1.807) is 29.7 Å². The van der Waals surface area contributed by atoms with E-state index in [1.165, 1.54) is 12.1 Å². The summed E-state index contributed by atoms with van der Waals surface area (Å²) in [6.45, 7) is 2.75. The van der Waals surface area contributed by atoms with Gasteiger partial charge in [-0.25, -0.2) is 4.39 Å². The molecule has 4 rings (SSSR count). The van der Waals surface area contributed by atoms with Crippen LogP contribution in [0.1, 0.15) is 10.4 Å². The third-order valence-electron chi connectivity index (χ3n) is 4.59. The van der Waals surface area contributed by atoms with Gasteiger partial charge in [0.05, 0.1) is 11.3 Å². The number of pyridine rings is 1. The van der Waals surface area contributed by atoms with Gasteiger partial charge < -0.3 is 9.80 Å². The summed E-state index contributed by atoms with van der Waals surface area (Å²) in [5.41, 5.74) is 3.55. The molecule has 6 heteroatoms. The molecule has 26 heavy (non-hydrogen) atoms. The fourth-order valence-corrected chi connectivity index (χ4v) is 3.75. The smallest absolute Gasteiger partial charge is 0.255 e. The topological polar surface area (TPSA) is 36.4 Å². The van der Waals surface area contributed by atoms with E-state index in [0.717, 1.165) is 30.0 Å². The van der Waals surface area contributed by atoms with Crippen LogP contribution in [0, 0.1) is 5.82 Å². The van der Waals surface area contributed by atoms with Crippen LogP contribution in [0.25, 0.3) is 11.3 Å². The second-order valence-electron chi connectivity index (χ2n) is 6.20. The van der Waals surface area contributed by atoms with Gasteiger partial charge in [-0.2, -0.15) is 11.3 Å². The first-order chi connectivity index (χ1) is 12.7. The molecule has 3 heterocycles. The maximum absolute atomic E-state index is 13.1. The Morgan fingerprint density at radius 1 is 1.00 bits per heavy atom. The Hall–Kier alpha value is -2.73. The number of thiophene rings is 1. The Morgan fingerprint density at radius 3 is 2.38 bits per heavy atom. The SMILES string of the molecule is O=C(c1ccc(-c2ccsc2)nc1)N1CCN(c2ccc(F)cc2)CC1. The number of carbonyl (C=O) groups is 1. The van der Waals surface area contributed by atoms with Gasteiger partial charge in [-0.05, 0) is 47.8 Å². The highest BCUT2D eigenvalue weighted by atomic mass is 32.1. The van der Waals surface area contributed by atoms with Gasteiger partial charge in [0.15, 0.2) is 0 Å². The molecular weight excluding hydrogens is 349 g/mol. The Morgan fingerprint density at radius 2 is 1.77 bits per heavy atom. The van der Waals surface area contributed by atoms with Crippen LogP contribution in [0.5, 0.6) is 0 Å². The number of rotatable bonds is 3. The maximum atomic E-state index is 13.1. The minimum atomic E-state index is -0.235. The lowest BCUT2D eigenvalue weighted by atomic mass is 10.1. The number of nitrogens with zero attached hydrogens (tertiary/aromatic N) is 3. The number of piperazine rings is 1. The summed E-state index contributed by atoms with van der Waals surface area (Å²) < 4.78 is 13.1. The summed E-state index contributed by atoms with van der Waals surface area (Å²) in [4.78, 5) is 21.1. The van der Waals surface area contributed by atoms with Crippen molar-refractivity contribution in [2.75, 3.05) is 31.1 Å². The van der Waals surface area contributed by atoms with Crippen LogP contribution in [0.3, 0.4) is 0 Å². The molecule has 0 unspecified atom stereocenters. The molecule has 0 radical (unpaired) electrons. The van der Waals surface area contributed by atoms with Crippen LogP contribution in [-0.2, 0) is 0 Å². The molecule has 3 aromatic rings. The average Bonchev–Trinajstić information content (AvgIpc) is 3.23. The normalized spacial score (nSPS) is 14.5. The Labute approximate surface area is 155 Å². The van der Waals surface area contributed by atoms with Gasteiger partial charge in [0.25, 0.3) is 5.91 Å². The quantitative estimate of drug-likeness (QED) is 0.704. The number of benzene rings is 1. The molecule has 0 atom stereocenters. The first kappa shape index (κ1) is 16.7. The average molecular weight is 367 g/mol. The second-order valence-corrected chi connectivity index (χ2v) is 6.98. The Kier molecular flexibility index (Phi) is 4.67. The molecule has 0 aliphatic carbocycles. The molecule has 4 nitrogen and oxygen atoms in total. The number of amides is 1. The van der Waals surface area contributed by atoms with E-state index < -0.39 is 0 Å². The van der Waals surface area contributed by atoms with Gasteiger partial charge in [-0.15, -0.1) is 0 Å². The highest BCUT2D eigenvalue weighted by molar-refractivity contribution is 7.08. The number of halogens is 1. The first-order valence-corrected chi connectivity index (χ1v) is 9.43. The highest BCUT2D eigenvalue weighted by Gasteiger charge is 2.22. The van der Waals surface area contributed by atoms with Crippen molar-refractivity contribution in [1.29, 1.82) is 0 Å². The Balaban J connectivity index is 1.39. The zero-order valence-electron chi connectivity index (χ0n) is 14.1. The van der Waals surface area contributed by atoms with Crippen molar-refractivity contribution < 1.29 is 9.18 Å². The van der Waals surface area contributed by atoms with E-state index in [1.807, 2.05) is 33.9 Å². The van der Waals surface area contributed by atoms with Crippen LogP contribution < -0.4 is 4.90 Å². The van der Waals surface area contributed by atoms with Crippen molar-refractivity contribution in [2.45, 2.75) is 0 Å². The van der Waals surface area contributed by atoms with Gasteiger partial charge >= 0.3 is 0 Å². The van der Waals surface area contributed by atoms with E-state index in [-0.39, 0.29) is 11.7 Å². The summed E-state index contributed by atoms with van der Waals surface area (Å²) in [5.74, 6) is -0.228. The van der Waals surface area contributed by atoms with Gasteiger partial charge in [0, 0.05) is 49.0 Å². The van der Waals surface area contributed by atoms with Crippen LogP contribution in [0.4, 0.5) is 10.1 Å². The van der Waals surface area contributed by atoms with Crippen molar-refractivity contribution in [3.63, 3.8) is 0 Å². The van der Waals surface area contributed by atoms with E-state index in [4.69, 9.17) is 0 Å². The van der Waals surface area contributed by atoms with Crippen LogP contribution in [-0.4, -0.2) is 42.0 Å². The minimum absolute atomic E-state index is 0.00752. The predicted molar refractivity (Wildman–Crippen MR) is 102 cm³/mol. The maximum Gasteiger partial charge on any atom is 0.255 e. The zero-order valence-corrected chi connectivity index (χ0v) is 15.0. The number of anilines is 1. The summed E-state index contributed by atoms with van der Waals surface area (Å²) >= 11 is 1.63. The number of carbonyl (C=O) groups excluding carboxylic acids is 1. The van der Waals surface area contributed by atoms with Gasteiger partial charge in [-0.3, -0.25) is 9.78 Å². The van der Waals surface area contributed by atoms with E-state index in [0.29, 0.717) is 18.7 Å². The van der Waals surface area contributed by atoms with Gasteiger partial charge in [-0.1, -0.05) is 0 Å². The molecule has 0 N–H and O–H groups in total. The Bertz CT molecular complexity index is 870. The van der Waals surface area contributed by atoms with Crippen LogP contribution >= 0.6 is 11.3 Å². The van der Waals surface area contributed by atoms with E-state index in [9.17, 15) is 9.18 Å².